The average molecular weight is 395 g/mol. The van der Waals surface area contributed by atoms with Crippen molar-refractivity contribution < 1.29 is 13.2 Å². The van der Waals surface area contributed by atoms with E-state index in [0.29, 0.717) is 11.6 Å². The Bertz CT molecular complexity index is 1060. The Morgan fingerprint density at radius 3 is 2.28 bits per heavy atom. The fraction of sp³-hybridized carbons (Fsp3) is 0.217. The zero-order valence-corrected chi connectivity index (χ0v) is 16.1. The van der Waals surface area contributed by atoms with E-state index < -0.39 is 11.7 Å². The van der Waals surface area contributed by atoms with Crippen LogP contribution in [0.2, 0.25) is 0 Å². The van der Waals surface area contributed by atoms with Gasteiger partial charge in [0, 0.05) is 11.1 Å². The minimum atomic E-state index is -4.56. The Kier molecular flexibility index (Phi) is 5.60. The second kappa shape index (κ2) is 7.96. The van der Waals surface area contributed by atoms with E-state index in [1.165, 1.54) is 24.3 Å². The van der Waals surface area contributed by atoms with Crippen molar-refractivity contribution in [2.24, 2.45) is 5.92 Å². The first-order valence-corrected chi connectivity index (χ1v) is 9.17. The molecule has 3 rings (SSSR count). The average Bonchev–Trinajstić information content (AvgIpc) is 2.67. The molecule has 0 aliphatic heterocycles. The van der Waals surface area contributed by atoms with Crippen LogP contribution in [0, 0.1) is 17.2 Å². The first kappa shape index (κ1) is 20.4. The molecule has 0 fully saturated rings. The molecule has 2 aromatic carbocycles. The molecular weight excluding hydrogens is 375 g/mol. The zero-order valence-electron chi connectivity index (χ0n) is 16.1. The van der Waals surface area contributed by atoms with Gasteiger partial charge < -0.3 is 5.73 Å². The molecule has 0 atom stereocenters. The molecule has 148 valence electrons. The number of nitrogens with two attached hydrogens (primary N) is 1. The Morgan fingerprint density at radius 1 is 1.03 bits per heavy atom. The van der Waals surface area contributed by atoms with Gasteiger partial charge in [-0.3, -0.25) is 0 Å². The van der Waals surface area contributed by atoms with Crippen LogP contribution in [0.25, 0.3) is 22.4 Å². The quantitative estimate of drug-likeness (QED) is 0.582. The summed E-state index contributed by atoms with van der Waals surface area (Å²) in [6.07, 6.45) is -3.63. The maximum atomic E-state index is 13.5. The third-order valence-electron chi connectivity index (χ3n) is 4.58. The lowest BCUT2D eigenvalue weighted by Crippen LogP contribution is -2.08. The number of hydrogen-bond donors (Lipinski definition) is 1. The highest BCUT2D eigenvalue weighted by Crippen LogP contribution is 2.40. The number of nitriles is 1. The number of rotatable bonds is 4. The summed E-state index contributed by atoms with van der Waals surface area (Å²) < 4.78 is 40.5. The first-order valence-electron chi connectivity index (χ1n) is 9.17. The highest BCUT2D eigenvalue weighted by molar-refractivity contribution is 5.82. The van der Waals surface area contributed by atoms with Crippen molar-refractivity contribution in [3.63, 3.8) is 0 Å². The number of aromatic nitrogens is 1. The van der Waals surface area contributed by atoms with Crippen molar-refractivity contribution in [1.29, 1.82) is 5.26 Å². The van der Waals surface area contributed by atoms with Crippen molar-refractivity contribution in [3.8, 4) is 28.5 Å². The van der Waals surface area contributed by atoms with E-state index in [1.807, 2.05) is 30.3 Å². The Hall–Kier alpha value is -3.33. The van der Waals surface area contributed by atoms with E-state index in [4.69, 9.17) is 5.73 Å². The molecule has 0 saturated heterocycles. The first-order chi connectivity index (χ1) is 13.7. The van der Waals surface area contributed by atoms with Gasteiger partial charge in [0.15, 0.2) is 0 Å². The molecule has 0 bridgehead atoms. The van der Waals surface area contributed by atoms with Crippen LogP contribution in [0.4, 0.5) is 19.0 Å². The number of pyridine rings is 1. The summed E-state index contributed by atoms with van der Waals surface area (Å²) in [5, 5.41) is 9.48. The number of alkyl halides is 3. The van der Waals surface area contributed by atoms with Crippen LogP contribution >= 0.6 is 0 Å². The minimum absolute atomic E-state index is 0.0677. The third kappa shape index (κ3) is 4.40. The van der Waals surface area contributed by atoms with Crippen molar-refractivity contribution >= 4 is 5.82 Å². The summed E-state index contributed by atoms with van der Waals surface area (Å²) >= 11 is 0. The molecule has 3 nitrogen and oxygen atoms in total. The normalized spacial score (nSPS) is 11.5. The van der Waals surface area contributed by atoms with Gasteiger partial charge >= 0.3 is 6.18 Å². The van der Waals surface area contributed by atoms with Crippen LogP contribution in [-0.2, 0) is 12.6 Å². The van der Waals surface area contributed by atoms with E-state index in [1.54, 1.807) is 0 Å². The van der Waals surface area contributed by atoms with Gasteiger partial charge in [-0.05, 0) is 35.6 Å². The maximum Gasteiger partial charge on any atom is 0.417 e. The monoisotopic (exact) mass is 395 g/mol. The number of halogens is 3. The van der Waals surface area contributed by atoms with Gasteiger partial charge in [0.1, 0.15) is 17.5 Å². The number of nitrogen functional groups attached to an aromatic ring is 1. The molecule has 0 aliphatic carbocycles. The Balaban J connectivity index is 2.16. The summed E-state index contributed by atoms with van der Waals surface area (Å²) in [6.45, 7) is 4.25. The van der Waals surface area contributed by atoms with Crippen LogP contribution in [0.1, 0.15) is 30.5 Å². The van der Waals surface area contributed by atoms with Gasteiger partial charge in [-0.25, -0.2) is 4.98 Å². The van der Waals surface area contributed by atoms with Gasteiger partial charge in [-0.1, -0.05) is 56.3 Å². The third-order valence-corrected chi connectivity index (χ3v) is 4.58. The molecule has 1 heterocycles. The highest BCUT2D eigenvalue weighted by Gasteiger charge is 2.34. The van der Waals surface area contributed by atoms with E-state index in [2.05, 4.69) is 18.8 Å². The standard InChI is InChI=1S/C23H20F3N3/c1-14(2)11-15-7-9-16(10-8-15)21-12-18(19(13-27)22(28)29-21)17-5-3-4-6-20(17)23(24,25)26/h3-10,12,14H,11H2,1-2H3,(H2,28,29). The fourth-order valence-corrected chi connectivity index (χ4v) is 3.29. The second-order valence-electron chi connectivity index (χ2n) is 7.27. The number of benzene rings is 2. The lowest BCUT2D eigenvalue weighted by Gasteiger charge is -2.16. The molecule has 2 N–H and O–H groups in total. The van der Waals surface area contributed by atoms with Crippen LogP contribution in [-0.4, -0.2) is 4.98 Å². The zero-order chi connectivity index (χ0) is 21.2. The molecule has 0 radical (unpaired) electrons. The van der Waals surface area contributed by atoms with E-state index in [-0.39, 0.29) is 22.5 Å². The van der Waals surface area contributed by atoms with Gasteiger partial charge in [0.2, 0.25) is 0 Å². The van der Waals surface area contributed by atoms with Crippen LogP contribution in [0.3, 0.4) is 0 Å². The predicted octanol–water partition coefficient (Wildman–Crippen LogP) is 6.09. The predicted molar refractivity (Wildman–Crippen MR) is 108 cm³/mol. The fourth-order valence-electron chi connectivity index (χ4n) is 3.29. The second-order valence-corrected chi connectivity index (χ2v) is 7.27. The molecule has 0 unspecified atom stereocenters. The van der Waals surface area contributed by atoms with E-state index in [0.717, 1.165) is 23.6 Å². The number of anilines is 1. The highest BCUT2D eigenvalue weighted by atomic mass is 19.4. The SMILES string of the molecule is CC(C)Cc1ccc(-c2cc(-c3ccccc3C(F)(F)F)c(C#N)c(N)n2)cc1. The van der Waals surface area contributed by atoms with Gasteiger partial charge in [0.05, 0.1) is 11.3 Å². The van der Waals surface area contributed by atoms with Crippen LogP contribution in [0.15, 0.2) is 54.6 Å². The Morgan fingerprint density at radius 2 is 1.69 bits per heavy atom. The van der Waals surface area contributed by atoms with Crippen molar-refractivity contribution in [2.75, 3.05) is 5.73 Å². The van der Waals surface area contributed by atoms with Crippen molar-refractivity contribution in [3.05, 3.63) is 71.3 Å². The summed E-state index contributed by atoms with van der Waals surface area (Å²) in [5.74, 6) is 0.415. The molecule has 0 amide bonds. The smallest absolute Gasteiger partial charge is 0.383 e. The largest absolute Gasteiger partial charge is 0.417 e. The van der Waals surface area contributed by atoms with Crippen LogP contribution < -0.4 is 5.73 Å². The molecule has 0 aliphatic rings. The van der Waals surface area contributed by atoms with E-state index in [9.17, 15) is 18.4 Å². The summed E-state index contributed by atoms with van der Waals surface area (Å²) in [7, 11) is 0. The lowest BCUT2D eigenvalue weighted by molar-refractivity contribution is -0.137. The molecule has 6 heteroatoms. The molecule has 29 heavy (non-hydrogen) atoms. The molecule has 3 aromatic rings. The van der Waals surface area contributed by atoms with Crippen molar-refractivity contribution in [1.82, 2.24) is 4.98 Å². The number of hydrogen-bond acceptors (Lipinski definition) is 3. The van der Waals surface area contributed by atoms with Crippen LogP contribution in [0.5, 0.6) is 0 Å². The summed E-state index contributed by atoms with van der Waals surface area (Å²) in [6, 6.07) is 16.2. The molecule has 1 aromatic heterocycles. The van der Waals surface area contributed by atoms with Crippen molar-refractivity contribution in [2.45, 2.75) is 26.4 Å². The Labute approximate surface area is 167 Å². The van der Waals surface area contributed by atoms with Gasteiger partial charge in [-0.15, -0.1) is 0 Å². The van der Waals surface area contributed by atoms with Gasteiger partial charge in [-0.2, -0.15) is 18.4 Å². The summed E-state index contributed by atoms with van der Waals surface area (Å²) in [4.78, 5) is 4.26. The number of nitrogens with zero attached hydrogens (tertiary/aromatic N) is 2. The molecule has 0 spiro atoms. The molecule has 0 saturated carbocycles. The topological polar surface area (TPSA) is 62.7 Å². The maximum absolute atomic E-state index is 13.5. The lowest BCUT2D eigenvalue weighted by atomic mass is 9.94. The van der Waals surface area contributed by atoms with Gasteiger partial charge in [0.25, 0.3) is 0 Å². The minimum Gasteiger partial charge on any atom is -0.383 e. The summed E-state index contributed by atoms with van der Waals surface area (Å²) in [5.41, 5.74) is 7.39. The van der Waals surface area contributed by atoms with E-state index >= 15 is 0 Å². The molecular formula is C23H20F3N3.